The summed E-state index contributed by atoms with van der Waals surface area (Å²) in [6.07, 6.45) is -4.52. The lowest BCUT2D eigenvalue weighted by molar-refractivity contribution is -0.135. The quantitative estimate of drug-likeness (QED) is 0.507. The second kappa shape index (κ2) is 7.30. The topological polar surface area (TPSA) is 95.5 Å². The summed E-state index contributed by atoms with van der Waals surface area (Å²) in [6.45, 7) is -0.249. The Balaban J connectivity index is 3.78. The van der Waals surface area contributed by atoms with E-state index in [9.17, 15) is 27.6 Å². The molecule has 0 aromatic carbocycles. The van der Waals surface area contributed by atoms with Crippen LogP contribution in [-0.4, -0.2) is 35.7 Å². The molecule has 0 saturated carbocycles. The van der Waals surface area contributed by atoms with Gasteiger partial charge in [-0.05, 0) is 6.42 Å². The minimum absolute atomic E-state index is 0.249. The minimum Gasteiger partial charge on any atom is -0.478 e. The number of amides is 3. The summed E-state index contributed by atoms with van der Waals surface area (Å²) in [6, 6.07) is -0.989. The fourth-order valence-electron chi connectivity index (χ4n) is 0.835. The molecule has 0 unspecified atom stereocenters. The summed E-state index contributed by atoms with van der Waals surface area (Å²) in [7, 11) is 0. The van der Waals surface area contributed by atoms with E-state index in [0.717, 1.165) is 0 Å². The second-order valence-corrected chi connectivity index (χ2v) is 3.14. The molecule has 9 heteroatoms. The van der Waals surface area contributed by atoms with Gasteiger partial charge in [-0.25, -0.2) is 9.59 Å². The van der Waals surface area contributed by atoms with E-state index in [0.29, 0.717) is 12.2 Å². The van der Waals surface area contributed by atoms with E-state index in [1.807, 2.05) is 5.32 Å². The first kappa shape index (κ1) is 15.9. The Kier molecular flexibility index (Phi) is 6.47. The number of aliphatic carboxylic acids is 1. The van der Waals surface area contributed by atoms with Gasteiger partial charge in [0.1, 0.15) is 0 Å². The first-order chi connectivity index (χ1) is 8.20. The van der Waals surface area contributed by atoms with Gasteiger partial charge in [-0.15, -0.1) is 0 Å². The van der Waals surface area contributed by atoms with Gasteiger partial charge in [0.2, 0.25) is 0 Å². The highest BCUT2D eigenvalue weighted by atomic mass is 19.4. The van der Waals surface area contributed by atoms with E-state index in [2.05, 4.69) is 0 Å². The number of nitrogens with one attached hydrogen (secondary N) is 2. The zero-order valence-corrected chi connectivity index (χ0v) is 9.08. The van der Waals surface area contributed by atoms with Crippen molar-refractivity contribution in [2.45, 2.75) is 19.0 Å². The van der Waals surface area contributed by atoms with Crippen molar-refractivity contribution in [3.05, 3.63) is 12.2 Å². The van der Waals surface area contributed by atoms with Crippen LogP contribution < -0.4 is 10.6 Å². The molecule has 0 radical (unpaired) electrons. The highest BCUT2D eigenvalue weighted by Crippen LogP contribution is 2.20. The summed E-state index contributed by atoms with van der Waals surface area (Å²) in [5, 5.41) is 11.9. The molecule has 0 atom stereocenters. The van der Waals surface area contributed by atoms with Crippen molar-refractivity contribution in [2.75, 3.05) is 6.54 Å². The maximum absolute atomic E-state index is 11.7. The van der Waals surface area contributed by atoms with E-state index in [1.54, 1.807) is 5.32 Å². The van der Waals surface area contributed by atoms with E-state index in [1.165, 1.54) is 0 Å². The third-order valence-corrected chi connectivity index (χ3v) is 1.54. The van der Waals surface area contributed by atoms with Crippen LogP contribution in [0.4, 0.5) is 18.0 Å². The molecule has 102 valence electrons. The van der Waals surface area contributed by atoms with Gasteiger partial charge in [-0.3, -0.25) is 10.1 Å². The third kappa shape index (κ3) is 10.5. The van der Waals surface area contributed by atoms with Gasteiger partial charge in [0, 0.05) is 25.1 Å². The van der Waals surface area contributed by atoms with E-state index < -0.39 is 30.5 Å². The lowest BCUT2D eigenvalue weighted by Gasteiger charge is -2.07. The Morgan fingerprint density at radius 3 is 2.28 bits per heavy atom. The molecule has 0 aromatic heterocycles. The number of carboxylic acids is 1. The molecule has 0 aliphatic heterocycles. The van der Waals surface area contributed by atoms with Crippen LogP contribution >= 0.6 is 0 Å². The van der Waals surface area contributed by atoms with Crippen molar-refractivity contribution in [2.24, 2.45) is 0 Å². The molecule has 0 aromatic rings. The summed E-state index contributed by atoms with van der Waals surface area (Å²) >= 11 is 0. The standard InChI is InChI=1S/C9H11F3N2O4/c10-9(11,12)4-1-5-13-8(18)14-6(15)2-3-7(16)17/h2-3H,1,4-5H2,(H,16,17)(H2,13,14,15,18)/b3-2+. The molecule has 3 N–H and O–H groups in total. The van der Waals surface area contributed by atoms with Gasteiger partial charge in [-0.1, -0.05) is 0 Å². The van der Waals surface area contributed by atoms with Crippen LogP contribution in [0.1, 0.15) is 12.8 Å². The lowest BCUT2D eigenvalue weighted by atomic mass is 10.3. The average Bonchev–Trinajstić information content (AvgIpc) is 2.20. The van der Waals surface area contributed by atoms with Gasteiger partial charge < -0.3 is 10.4 Å². The predicted octanol–water partition coefficient (Wildman–Crippen LogP) is 0.795. The van der Waals surface area contributed by atoms with Crippen molar-refractivity contribution < 1.29 is 32.7 Å². The molecule has 3 amide bonds. The number of urea groups is 1. The van der Waals surface area contributed by atoms with E-state index in [4.69, 9.17) is 5.11 Å². The molecule has 0 heterocycles. The van der Waals surface area contributed by atoms with Crippen molar-refractivity contribution in [1.82, 2.24) is 10.6 Å². The van der Waals surface area contributed by atoms with Crippen molar-refractivity contribution >= 4 is 17.9 Å². The molecule has 6 nitrogen and oxygen atoms in total. The Bertz CT molecular complexity index is 352. The van der Waals surface area contributed by atoms with Gasteiger partial charge in [0.25, 0.3) is 5.91 Å². The number of hydrogen-bond donors (Lipinski definition) is 3. The number of carbonyl (C=O) groups excluding carboxylic acids is 2. The van der Waals surface area contributed by atoms with E-state index >= 15 is 0 Å². The maximum Gasteiger partial charge on any atom is 0.389 e. The number of carboxylic acid groups (broad SMARTS) is 1. The molecule has 0 aliphatic carbocycles. The smallest absolute Gasteiger partial charge is 0.389 e. The van der Waals surface area contributed by atoms with E-state index in [-0.39, 0.29) is 13.0 Å². The molecular formula is C9H11F3N2O4. The van der Waals surface area contributed by atoms with Crippen molar-refractivity contribution in [1.29, 1.82) is 0 Å². The number of hydrogen-bond acceptors (Lipinski definition) is 3. The normalized spacial score (nSPS) is 11.3. The summed E-state index contributed by atoms with van der Waals surface area (Å²) in [5.41, 5.74) is 0. The zero-order valence-electron chi connectivity index (χ0n) is 9.08. The average molecular weight is 268 g/mol. The Hall–Kier alpha value is -2.06. The highest BCUT2D eigenvalue weighted by Gasteiger charge is 2.25. The van der Waals surface area contributed by atoms with Crippen LogP contribution in [0.25, 0.3) is 0 Å². The third-order valence-electron chi connectivity index (χ3n) is 1.54. The minimum atomic E-state index is -4.29. The molecular weight excluding hydrogens is 257 g/mol. The van der Waals surface area contributed by atoms with Crippen LogP contribution in [-0.2, 0) is 9.59 Å². The number of halogens is 3. The van der Waals surface area contributed by atoms with Crippen molar-refractivity contribution in [3.8, 4) is 0 Å². The van der Waals surface area contributed by atoms with Crippen LogP contribution in [0.2, 0.25) is 0 Å². The molecule has 0 aliphatic rings. The highest BCUT2D eigenvalue weighted by molar-refractivity contribution is 6.02. The predicted molar refractivity (Wildman–Crippen MR) is 53.6 cm³/mol. The Morgan fingerprint density at radius 1 is 1.17 bits per heavy atom. The maximum atomic E-state index is 11.7. The first-order valence-corrected chi connectivity index (χ1v) is 4.77. The molecule has 0 rings (SSSR count). The largest absolute Gasteiger partial charge is 0.478 e. The summed E-state index contributed by atoms with van der Waals surface area (Å²) < 4.78 is 35.2. The number of imide groups is 1. The molecule has 0 fully saturated rings. The van der Waals surface area contributed by atoms with Gasteiger partial charge in [0.15, 0.2) is 0 Å². The molecule has 0 bridgehead atoms. The van der Waals surface area contributed by atoms with Crippen molar-refractivity contribution in [3.63, 3.8) is 0 Å². The lowest BCUT2D eigenvalue weighted by Crippen LogP contribution is -2.39. The first-order valence-electron chi connectivity index (χ1n) is 4.77. The number of alkyl halides is 3. The number of carbonyl (C=O) groups is 3. The Labute approximate surface area is 99.8 Å². The van der Waals surface area contributed by atoms with Gasteiger partial charge in [-0.2, -0.15) is 13.2 Å². The number of rotatable bonds is 5. The fourth-order valence-corrected chi connectivity index (χ4v) is 0.835. The molecule has 18 heavy (non-hydrogen) atoms. The fraction of sp³-hybridized carbons (Fsp3) is 0.444. The Morgan fingerprint density at radius 2 is 1.78 bits per heavy atom. The van der Waals surface area contributed by atoms with Crippen LogP contribution in [0.15, 0.2) is 12.2 Å². The SMILES string of the molecule is O=C(O)/C=C/C(=O)NC(=O)NCCCC(F)(F)F. The monoisotopic (exact) mass is 268 g/mol. The molecule has 0 saturated heterocycles. The van der Waals surface area contributed by atoms with Crippen LogP contribution in [0.3, 0.4) is 0 Å². The van der Waals surface area contributed by atoms with Crippen LogP contribution in [0.5, 0.6) is 0 Å². The molecule has 0 spiro atoms. The zero-order chi connectivity index (χ0) is 14.2. The summed E-state index contributed by atoms with van der Waals surface area (Å²) in [4.78, 5) is 31.8. The van der Waals surface area contributed by atoms with Crippen LogP contribution in [0, 0.1) is 0 Å². The van der Waals surface area contributed by atoms with Gasteiger partial charge >= 0.3 is 18.2 Å². The summed E-state index contributed by atoms with van der Waals surface area (Å²) in [5.74, 6) is -2.35. The van der Waals surface area contributed by atoms with Gasteiger partial charge in [0.05, 0.1) is 0 Å². The second-order valence-electron chi connectivity index (χ2n) is 3.14.